The fourth-order valence-electron chi connectivity index (χ4n) is 2.19. The number of hydrogen-bond donors (Lipinski definition) is 2. The van der Waals surface area contributed by atoms with Crippen LogP contribution in [-0.2, 0) is 6.54 Å². The third kappa shape index (κ3) is 4.60. The van der Waals surface area contributed by atoms with Crippen LogP contribution in [0.2, 0.25) is 0 Å². The van der Waals surface area contributed by atoms with Crippen molar-refractivity contribution >= 4 is 33.5 Å². The quantitative estimate of drug-likeness (QED) is 0.684. The normalized spacial score (nSPS) is 10.3. The maximum Gasteiger partial charge on any atom is 0.274 e. The minimum atomic E-state index is -0.293. The topological polar surface area (TPSA) is 79.8 Å². The van der Waals surface area contributed by atoms with E-state index < -0.39 is 0 Å². The number of carbonyl (C=O) groups excluding carboxylic acids is 1. The van der Waals surface area contributed by atoms with Crippen LogP contribution in [0.1, 0.15) is 21.9 Å². The van der Waals surface area contributed by atoms with E-state index >= 15 is 0 Å². The van der Waals surface area contributed by atoms with Gasteiger partial charge < -0.3 is 10.6 Å². The molecule has 0 aliphatic carbocycles. The van der Waals surface area contributed by atoms with Crippen molar-refractivity contribution in [3.8, 4) is 0 Å². The van der Waals surface area contributed by atoms with Gasteiger partial charge in [0.2, 0.25) is 5.95 Å². The van der Waals surface area contributed by atoms with Gasteiger partial charge in [-0.25, -0.2) is 9.97 Å². The van der Waals surface area contributed by atoms with Gasteiger partial charge in [-0.1, -0.05) is 18.2 Å². The molecule has 126 valence electrons. The number of halogens is 1. The molecule has 0 bridgehead atoms. The van der Waals surface area contributed by atoms with Gasteiger partial charge in [-0.15, -0.1) is 0 Å². The number of nitrogens with zero attached hydrogens (tertiary/aromatic N) is 3. The molecule has 25 heavy (non-hydrogen) atoms. The van der Waals surface area contributed by atoms with E-state index in [0.717, 1.165) is 10.2 Å². The number of para-hydroxylation sites is 1. The number of benzene rings is 1. The molecular weight excluding hydrogens is 382 g/mol. The summed E-state index contributed by atoms with van der Waals surface area (Å²) < 4.78 is 0.808. The zero-order valence-electron chi connectivity index (χ0n) is 13.5. The number of amides is 1. The predicted molar refractivity (Wildman–Crippen MR) is 100 cm³/mol. The predicted octanol–water partition coefficient (Wildman–Crippen LogP) is 3.81. The van der Waals surface area contributed by atoms with Crippen LogP contribution in [0.15, 0.2) is 59.2 Å². The van der Waals surface area contributed by atoms with E-state index in [0.29, 0.717) is 29.6 Å². The van der Waals surface area contributed by atoms with Crippen LogP contribution in [0.5, 0.6) is 0 Å². The molecule has 0 atom stereocenters. The maximum absolute atomic E-state index is 12.5. The highest BCUT2D eigenvalue weighted by Crippen LogP contribution is 2.21. The number of anilines is 2. The van der Waals surface area contributed by atoms with Crippen LogP contribution >= 0.6 is 15.9 Å². The van der Waals surface area contributed by atoms with Crippen LogP contribution in [0.4, 0.5) is 11.6 Å². The summed E-state index contributed by atoms with van der Waals surface area (Å²) in [5.41, 5.74) is 2.56. The standard InChI is InChI=1S/C18H16BrN5O/c1-12-10-16(17(25)23-15-8-3-2-7-14(15)19)24-18(22-12)21-11-13-6-4-5-9-20-13/h2-10H,11H2,1H3,(H,23,25)(H,21,22,24). The Labute approximate surface area is 153 Å². The summed E-state index contributed by atoms with van der Waals surface area (Å²) in [6.07, 6.45) is 1.73. The van der Waals surface area contributed by atoms with Crippen molar-refractivity contribution in [2.24, 2.45) is 0 Å². The monoisotopic (exact) mass is 397 g/mol. The highest BCUT2D eigenvalue weighted by atomic mass is 79.9. The summed E-state index contributed by atoms with van der Waals surface area (Å²) in [4.78, 5) is 25.3. The first-order chi connectivity index (χ1) is 12.1. The Kier molecular flexibility index (Phi) is 5.35. The molecule has 0 fully saturated rings. The van der Waals surface area contributed by atoms with Gasteiger partial charge in [-0.05, 0) is 53.2 Å². The average Bonchev–Trinajstić information content (AvgIpc) is 2.62. The molecule has 0 saturated heterocycles. The molecule has 3 rings (SSSR count). The van der Waals surface area contributed by atoms with Crippen molar-refractivity contribution in [1.82, 2.24) is 15.0 Å². The van der Waals surface area contributed by atoms with E-state index in [2.05, 4.69) is 41.5 Å². The van der Waals surface area contributed by atoms with Crippen LogP contribution < -0.4 is 10.6 Å². The van der Waals surface area contributed by atoms with E-state index in [4.69, 9.17) is 0 Å². The van der Waals surface area contributed by atoms with Crippen LogP contribution in [0.3, 0.4) is 0 Å². The Bertz CT molecular complexity index is 886. The molecule has 2 aromatic heterocycles. The summed E-state index contributed by atoms with van der Waals surface area (Å²) in [6.45, 7) is 2.30. The second-order valence-corrected chi connectivity index (χ2v) is 6.18. The van der Waals surface area contributed by atoms with E-state index in [1.807, 2.05) is 49.4 Å². The molecule has 2 heterocycles. The third-order valence-electron chi connectivity index (χ3n) is 3.36. The Morgan fingerprint density at radius 1 is 1.12 bits per heavy atom. The van der Waals surface area contributed by atoms with Crippen LogP contribution in [-0.4, -0.2) is 20.9 Å². The number of nitrogens with one attached hydrogen (secondary N) is 2. The molecule has 0 spiro atoms. The fraction of sp³-hybridized carbons (Fsp3) is 0.111. The fourth-order valence-corrected chi connectivity index (χ4v) is 2.57. The smallest absolute Gasteiger partial charge is 0.274 e. The summed E-state index contributed by atoms with van der Waals surface area (Å²) in [7, 11) is 0. The molecule has 7 heteroatoms. The van der Waals surface area contributed by atoms with Crippen molar-refractivity contribution in [1.29, 1.82) is 0 Å². The zero-order chi connectivity index (χ0) is 17.6. The molecule has 0 aliphatic rings. The van der Waals surface area contributed by atoms with Crippen molar-refractivity contribution < 1.29 is 4.79 Å². The van der Waals surface area contributed by atoms with Gasteiger partial charge in [0, 0.05) is 16.4 Å². The molecule has 0 aliphatic heterocycles. The third-order valence-corrected chi connectivity index (χ3v) is 4.05. The summed E-state index contributed by atoms with van der Waals surface area (Å²) in [5.74, 6) is 0.0983. The number of rotatable bonds is 5. The average molecular weight is 398 g/mol. The Morgan fingerprint density at radius 3 is 2.68 bits per heavy atom. The van der Waals surface area contributed by atoms with Crippen molar-refractivity contribution in [2.45, 2.75) is 13.5 Å². The number of pyridine rings is 1. The summed E-state index contributed by atoms with van der Waals surface area (Å²) in [5, 5.41) is 5.94. The van der Waals surface area contributed by atoms with E-state index in [9.17, 15) is 4.79 Å². The largest absolute Gasteiger partial charge is 0.349 e. The molecule has 2 N–H and O–H groups in total. The van der Waals surface area contributed by atoms with E-state index in [1.165, 1.54) is 0 Å². The van der Waals surface area contributed by atoms with E-state index in [-0.39, 0.29) is 5.91 Å². The molecular formula is C18H16BrN5O. The zero-order valence-corrected chi connectivity index (χ0v) is 15.1. The van der Waals surface area contributed by atoms with Gasteiger partial charge >= 0.3 is 0 Å². The number of hydrogen-bond acceptors (Lipinski definition) is 5. The lowest BCUT2D eigenvalue weighted by molar-refractivity contribution is 0.102. The van der Waals surface area contributed by atoms with Crippen molar-refractivity contribution in [2.75, 3.05) is 10.6 Å². The first-order valence-corrected chi connectivity index (χ1v) is 8.46. The lowest BCUT2D eigenvalue weighted by Gasteiger charge is -2.09. The first-order valence-electron chi connectivity index (χ1n) is 7.67. The highest BCUT2D eigenvalue weighted by Gasteiger charge is 2.12. The lowest BCUT2D eigenvalue weighted by Crippen LogP contribution is -2.16. The molecule has 1 amide bonds. The molecule has 6 nitrogen and oxygen atoms in total. The number of aromatic nitrogens is 3. The Hall–Kier alpha value is -2.80. The first kappa shape index (κ1) is 17.0. The minimum Gasteiger partial charge on any atom is -0.349 e. The summed E-state index contributed by atoms with van der Waals surface area (Å²) in [6, 6.07) is 14.7. The molecule has 0 saturated carbocycles. The highest BCUT2D eigenvalue weighted by molar-refractivity contribution is 9.10. The van der Waals surface area contributed by atoms with Crippen molar-refractivity contribution in [3.63, 3.8) is 0 Å². The lowest BCUT2D eigenvalue weighted by atomic mass is 10.3. The van der Waals surface area contributed by atoms with Crippen molar-refractivity contribution in [3.05, 3.63) is 76.3 Å². The van der Waals surface area contributed by atoms with Gasteiger partial charge in [0.15, 0.2) is 0 Å². The maximum atomic E-state index is 12.5. The van der Waals surface area contributed by atoms with E-state index in [1.54, 1.807) is 12.3 Å². The van der Waals surface area contributed by atoms with Crippen LogP contribution in [0, 0.1) is 6.92 Å². The second kappa shape index (κ2) is 7.85. The van der Waals surface area contributed by atoms with Gasteiger partial charge in [0.1, 0.15) is 5.69 Å². The minimum absolute atomic E-state index is 0.293. The SMILES string of the molecule is Cc1cc(C(=O)Nc2ccccc2Br)nc(NCc2ccccn2)n1. The Balaban J connectivity index is 1.74. The van der Waals surface area contributed by atoms with Gasteiger partial charge in [0.25, 0.3) is 5.91 Å². The molecule has 0 unspecified atom stereocenters. The number of carbonyl (C=O) groups is 1. The van der Waals surface area contributed by atoms with Gasteiger partial charge in [0.05, 0.1) is 17.9 Å². The summed E-state index contributed by atoms with van der Waals surface area (Å²) >= 11 is 3.41. The second-order valence-electron chi connectivity index (χ2n) is 5.33. The molecule has 3 aromatic rings. The molecule has 1 aromatic carbocycles. The van der Waals surface area contributed by atoms with Gasteiger partial charge in [-0.2, -0.15) is 0 Å². The Morgan fingerprint density at radius 2 is 1.92 bits per heavy atom. The van der Waals surface area contributed by atoms with Crippen LogP contribution in [0.25, 0.3) is 0 Å². The molecule has 0 radical (unpaired) electrons. The number of aryl methyl sites for hydroxylation is 1. The van der Waals surface area contributed by atoms with Gasteiger partial charge in [-0.3, -0.25) is 9.78 Å².